The van der Waals surface area contributed by atoms with E-state index >= 15 is 0 Å². The lowest BCUT2D eigenvalue weighted by molar-refractivity contribution is -0.139. The molecule has 0 saturated heterocycles. The van der Waals surface area contributed by atoms with Crippen LogP contribution in [0.5, 0.6) is 0 Å². The van der Waals surface area contributed by atoms with E-state index < -0.39 is 23.9 Å². The molecule has 0 heterocycles. The van der Waals surface area contributed by atoms with Crippen molar-refractivity contribution in [2.24, 2.45) is 5.73 Å². The largest absolute Gasteiger partial charge is 0.480 e. The third kappa shape index (κ3) is 5.14. The Morgan fingerprint density at radius 1 is 1.45 bits per heavy atom. The summed E-state index contributed by atoms with van der Waals surface area (Å²) in [7, 11) is 0. The maximum atomic E-state index is 12.0. The summed E-state index contributed by atoms with van der Waals surface area (Å²) in [5, 5.41) is 19.9. The number of primary amides is 1. The minimum atomic E-state index is -1.21. The number of carboxylic acids is 1. The molecule has 1 aliphatic rings. The molecule has 20 heavy (non-hydrogen) atoms. The van der Waals surface area contributed by atoms with Gasteiger partial charge < -0.3 is 21.1 Å². The van der Waals surface area contributed by atoms with E-state index in [9.17, 15) is 14.4 Å². The van der Waals surface area contributed by atoms with Crippen molar-refractivity contribution in [2.75, 3.05) is 6.54 Å². The number of carboxylic acid groups (broad SMARTS) is 1. The van der Waals surface area contributed by atoms with Gasteiger partial charge in [0.2, 0.25) is 5.91 Å². The average Bonchev–Trinajstić information content (AvgIpc) is 3.18. The van der Waals surface area contributed by atoms with E-state index in [0.717, 1.165) is 12.8 Å². The Morgan fingerprint density at radius 3 is 2.55 bits per heavy atom. The molecule has 0 bridgehead atoms. The molecular weight excluding hydrogens is 264 g/mol. The third-order valence-electron chi connectivity index (χ3n) is 2.99. The van der Waals surface area contributed by atoms with Crippen LogP contribution < -0.4 is 11.1 Å². The monoisotopic (exact) mass is 282 g/mol. The van der Waals surface area contributed by atoms with Crippen LogP contribution in [0.2, 0.25) is 0 Å². The molecule has 0 aromatic heterocycles. The Bertz CT molecular complexity index is 428. The molecule has 1 fully saturated rings. The number of hydrogen-bond acceptors (Lipinski definition) is 4. The molecule has 0 aromatic rings. The number of rotatable bonds is 8. The second-order valence-corrected chi connectivity index (χ2v) is 4.68. The predicted octanol–water partition coefficient (Wildman–Crippen LogP) is -0.207. The number of nitrogens with zero attached hydrogens (tertiary/aromatic N) is 2. The number of carbonyl (C=O) groups is 3. The summed E-state index contributed by atoms with van der Waals surface area (Å²) in [5.74, 6) is -1.83. The lowest BCUT2D eigenvalue weighted by atomic mass is 10.1. The van der Waals surface area contributed by atoms with Crippen molar-refractivity contribution in [1.82, 2.24) is 10.2 Å². The zero-order chi connectivity index (χ0) is 15.1. The second kappa shape index (κ2) is 7.33. The highest BCUT2D eigenvalue weighted by molar-refractivity contribution is 5.83. The highest BCUT2D eigenvalue weighted by Crippen LogP contribution is 2.27. The number of urea groups is 1. The maximum absolute atomic E-state index is 12.0. The highest BCUT2D eigenvalue weighted by atomic mass is 16.4. The van der Waals surface area contributed by atoms with Gasteiger partial charge in [0.1, 0.15) is 6.04 Å². The Balaban J connectivity index is 2.56. The summed E-state index contributed by atoms with van der Waals surface area (Å²) < 4.78 is 0. The minimum absolute atomic E-state index is 0.0484. The fraction of sp³-hybridized carbons (Fsp3) is 0.667. The van der Waals surface area contributed by atoms with Crippen LogP contribution in [-0.4, -0.2) is 46.5 Å². The Kier molecular flexibility index (Phi) is 5.77. The van der Waals surface area contributed by atoms with Crippen LogP contribution >= 0.6 is 0 Å². The molecule has 8 heteroatoms. The number of nitriles is 1. The zero-order valence-corrected chi connectivity index (χ0v) is 11.0. The normalized spacial score (nSPS) is 14.9. The van der Waals surface area contributed by atoms with Gasteiger partial charge in [0.05, 0.1) is 12.5 Å². The van der Waals surface area contributed by atoms with Crippen LogP contribution in [0.3, 0.4) is 0 Å². The molecule has 1 aliphatic carbocycles. The lowest BCUT2D eigenvalue weighted by Crippen LogP contribution is -2.49. The molecule has 0 aliphatic heterocycles. The smallest absolute Gasteiger partial charge is 0.326 e. The summed E-state index contributed by atoms with van der Waals surface area (Å²) in [4.78, 5) is 35.2. The molecule has 0 aromatic carbocycles. The summed E-state index contributed by atoms with van der Waals surface area (Å²) in [6, 6.07) is 0.362. The van der Waals surface area contributed by atoms with E-state index in [-0.39, 0.29) is 31.8 Å². The third-order valence-corrected chi connectivity index (χ3v) is 2.99. The number of hydrogen-bond donors (Lipinski definition) is 3. The fourth-order valence-electron chi connectivity index (χ4n) is 1.78. The van der Waals surface area contributed by atoms with E-state index in [0.29, 0.717) is 0 Å². The zero-order valence-electron chi connectivity index (χ0n) is 11.0. The quantitative estimate of drug-likeness (QED) is 0.566. The predicted molar refractivity (Wildman–Crippen MR) is 68.3 cm³/mol. The molecule has 4 N–H and O–H groups in total. The van der Waals surface area contributed by atoms with Crippen LogP contribution in [0.1, 0.15) is 32.1 Å². The fourth-order valence-corrected chi connectivity index (χ4v) is 1.78. The van der Waals surface area contributed by atoms with Crippen molar-refractivity contribution in [1.29, 1.82) is 5.26 Å². The number of carbonyl (C=O) groups excluding carboxylic acids is 2. The van der Waals surface area contributed by atoms with Crippen LogP contribution in [0.25, 0.3) is 0 Å². The van der Waals surface area contributed by atoms with Gasteiger partial charge >= 0.3 is 12.0 Å². The average molecular weight is 282 g/mol. The SMILES string of the molecule is N#CCCN(C(=O)NC(CCC(N)=O)C(=O)O)C1CC1. The van der Waals surface area contributed by atoms with Crippen LogP contribution in [0.4, 0.5) is 4.79 Å². The summed E-state index contributed by atoms with van der Waals surface area (Å²) >= 11 is 0. The summed E-state index contributed by atoms with van der Waals surface area (Å²) in [6.45, 7) is 0.273. The van der Waals surface area contributed by atoms with Gasteiger partial charge in [0.25, 0.3) is 0 Å². The lowest BCUT2D eigenvalue weighted by Gasteiger charge is -2.24. The standard InChI is InChI=1S/C12H18N4O4/c13-6-1-7-16(8-2-3-8)12(20)15-9(11(18)19)4-5-10(14)17/h8-9H,1-5,7H2,(H2,14,17)(H,15,20)(H,18,19). The Hall–Kier alpha value is -2.30. The number of nitrogens with one attached hydrogen (secondary N) is 1. The first kappa shape index (κ1) is 15.8. The van der Waals surface area contributed by atoms with Gasteiger partial charge in [0.15, 0.2) is 0 Å². The van der Waals surface area contributed by atoms with Crippen molar-refractivity contribution in [3.05, 3.63) is 0 Å². The van der Waals surface area contributed by atoms with Crippen LogP contribution in [0.15, 0.2) is 0 Å². The molecule has 0 radical (unpaired) electrons. The molecule has 1 saturated carbocycles. The number of nitrogens with two attached hydrogens (primary N) is 1. The van der Waals surface area contributed by atoms with Gasteiger partial charge in [0, 0.05) is 19.0 Å². The Labute approximate surface area is 116 Å². The van der Waals surface area contributed by atoms with Gasteiger partial charge in [-0.1, -0.05) is 0 Å². The van der Waals surface area contributed by atoms with Crippen LogP contribution in [0, 0.1) is 11.3 Å². The highest BCUT2D eigenvalue weighted by Gasteiger charge is 2.33. The first-order valence-corrected chi connectivity index (χ1v) is 6.41. The molecule has 1 rings (SSSR count). The van der Waals surface area contributed by atoms with Gasteiger partial charge in [-0.05, 0) is 19.3 Å². The Morgan fingerprint density at radius 2 is 2.10 bits per heavy atom. The number of amides is 3. The summed E-state index contributed by atoms with van der Waals surface area (Å²) in [5.41, 5.74) is 4.96. The van der Waals surface area contributed by atoms with Crippen LogP contribution in [-0.2, 0) is 9.59 Å². The van der Waals surface area contributed by atoms with Crippen molar-refractivity contribution in [3.63, 3.8) is 0 Å². The molecule has 110 valence electrons. The van der Waals surface area contributed by atoms with E-state index in [1.807, 2.05) is 6.07 Å². The van der Waals surface area contributed by atoms with E-state index in [4.69, 9.17) is 16.1 Å². The van der Waals surface area contributed by atoms with Crippen molar-refractivity contribution >= 4 is 17.9 Å². The van der Waals surface area contributed by atoms with E-state index in [1.54, 1.807) is 0 Å². The van der Waals surface area contributed by atoms with Gasteiger partial charge in [-0.15, -0.1) is 0 Å². The van der Waals surface area contributed by atoms with E-state index in [2.05, 4.69) is 5.32 Å². The molecule has 0 spiro atoms. The van der Waals surface area contributed by atoms with Gasteiger partial charge in [-0.2, -0.15) is 5.26 Å². The van der Waals surface area contributed by atoms with Crippen molar-refractivity contribution < 1.29 is 19.5 Å². The van der Waals surface area contributed by atoms with Crippen molar-refractivity contribution in [2.45, 2.75) is 44.2 Å². The first-order chi connectivity index (χ1) is 9.45. The molecule has 3 amide bonds. The van der Waals surface area contributed by atoms with Crippen molar-refractivity contribution in [3.8, 4) is 6.07 Å². The number of aliphatic carboxylic acids is 1. The molecular formula is C12H18N4O4. The molecule has 1 atom stereocenters. The minimum Gasteiger partial charge on any atom is -0.480 e. The maximum Gasteiger partial charge on any atom is 0.326 e. The summed E-state index contributed by atoms with van der Waals surface area (Å²) in [6.07, 6.45) is 1.75. The van der Waals surface area contributed by atoms with E-state index in [1.165, 1.54) is 4.90 Å². The molecule has 8 nitrogen and oxygen atoms in total. The molecule has 1 unspecified atom stereocenters. The van der Waals surface area contributed by atoms with Gasteiger partial charge in [-0.25, -0.2) is 9.59 Å². The first-order valence-electron chi connectivity index (χ1n) is 6.41. The van der Waals surface area contributed by atoms with Gasteiger partial charge in [-0.3, -0.25) is 4.79 Å². The topological polar surface area (TPSA) is 137 Å². The second-order valence-electron chi connectivity index (χ2n) is 4.68.